The molecule has 8 heteroatoms. The Balaban J connectivity index is 2.40. The average Bonchev–Trinajstić information content (AvgIpc) is 2.40. The summed E-state index contributed by atoms with van der Waals surface area (Å²) in [6.07, 6.45) is 0. The molecule has 108 valence electrons. The maximum Gasteiger partial charge on any atom is 0.263 e. The van der Waals surface area contributed by atoms with E-state index in [-0.39, 0.29) is 9.92 Å². The summed E-state index contributed by atoms with van der Waals surface area (Å²) in [5.41, 5.74) is 0.750. The second-order valence-corrected chi connectivity index (χ2v) is 7.81. The van der Waals surface area contributed by atoms with E-state index in [1.165, 1.54) is 30.3 Å². The topological polar surface area (TPSA) is 70.0 Å². The van der Waals surface area contributed by atoms with Crippen LogP contribution in [0.4, 0.5) is 5.69 Å². The largest absolute Gasteiger partial charge is 0.278 e. The van der Waals surface area contributed by atoms with Crippen LogP contribution in [0.5, 0.6) is 0 Å². The molecule has 0 saturated heterocycles. The van der Waals surface area contributed by atoms with Gasteiger partial charge in [0.1, 0.15) is 4.90 Å². The van der Waals surface area contributed by atoms with Gasteiger partial charge in [0.25, 0.3) is 10.0 Å². The van der Waals surface area contributed by atoms with Crippen molar-refractivity contribution in [3.63, 3.8) is 0 Å². The standard InChI is InChI=1S/C13H7Br2ClN2O2S/c14-9-2-4-13(11(16)6-9)21(19,20)18-12-3-1-8(7-17)5-10(12)15/h1-6,18H. The summed E-state index contributed by atoms with van der Waals surface area (Å²) in [6, 6.07) is 11.0. The van der Waals surface area contributed by atoms with E-state index in [0.29, 0.717) is 20.2 Å². The molecule has 0 saturated carbocycles. The van der Waals surface area contributed by atoms with E-state index in [1.54, 1.807) is 6.07 Å². The molecule has 0 aliphatic carbocycles. The van der Waals surface area contributed by atoms with Crippen LogP contribution >= 0.6 is 43.5 Å². The Labute approximate surface area is 144 Å². The molecule has 2 rings (SSSR count). The molecule has 21 heavy (non-hydrogen) atoms. The molecule has 0 aliphatic heterocycles. The summed E-state index contributed by atoms with van der Waals surface area (Å²) in [4.78, 5) is -0.0244. The van der Waals surface area contributed by atoms with E-state index in [9.17, 15) is 8.42 Å². The number of nitriles is 1. The number of sulfonamides is 1. The van der Waals surface area contributed by atoms with Crippen LogP contribution in [0.1, 0.15) is 5.56 Å². The lowest BCUT2D eigenvalue weighted by Crippen LogP contribution is -2.13. The third kappa shape index (κ3) is 3.77. The first-order valence-corrected chi connectivity index (χ1v) is 8.96. The average molecular weight is 451 g/mol. The summed E-state index contributed by atoms with van der Waals surface area (Å²) >= 11 is 12.4. The zero-order chi connectivity index (χ0) is 15.6. The lowest BCUT2D eigenvalue weighted by molar-refractivity contribution is 0.601. The molecule has 0 aliphatic rings. The van der Waals surface area contributed by atoms with Crippen molar-refractivity contribution in [2.75, 3.05) is 4.72 Å². The van der Waals surface area contributed by atoms with Crippen LogP contribution in [0.2, 0.25) is 5.02 Å². The Hall–Kier alpha value is -1.07. The maximum absolute atomic E-state index is 12.3. The number of halogens is 3. The van der Waals surface area contributed by atoms with E-state index in [4.69, 9.17) is 16.9 Å². The van der Waals surface area contributed by atoms with Gasteiger partial charge in [0.05, 0.1) is 22.3 Å². The highest BCUT2D eigenvalue weighted by atomic mass is 79.9. The fourth-order valence-corrected chi connectivity index (χ4v) is 4.29. The van der Waals surface area contributed by atoms with Crippen LogP contribution in [0.15, 0.2) is 50.2 Å². The second-order valence-electron chi connectivity index (χ2n) is 3.99. The van der Waals surface area contributed by atoms with Gasteiger partial charge in [0.2, 0.25) is 0 Å². The Morgan fingerprint density at radius 2 is 1.86 bits per heavy atom. The first-order chi connectivity index (χ1) is 9.83. The fourth-order valence-electron chi connectivity index (χ4n) is 1.56. The minimum Gasteiger partial charge on any atom is -0.278 e. The molecule has 4 nitrogen and oxygen atoms in total. The van der Waals surface area contributed by atoms with Crippen molar-refractivity contribution in [1.82, 2.24) is 0 Å². The number of anilines is 1. The van der Waals surface area contributed by atoms with Gasteiger partial charge in [-0.15, -0.1) is 0 Å². The van der Waals surface area contributed by atoms with E-state index in [1.807, 2.05) is 6.07 Å². The van der Waals surface area contributed by atoms with Crippen molar-refractivity contribution in [3.8, 4) is 6.07 Å². The van der Waals surface area contributed by atoms with Crippen LogP contribution in [0.25, 0.3) is 0 Å². The number of benzene rings is 2. The van der Waals surface area contributed by atoms with Crippen LogP contribution < -0.4 is 4.72 Å². The molecule has 0 bridgehead atoms. The van der Waals surface area contributed by atoms with Gasteiger partial charge in [0, 0.05) is 8.95 Å². The molecule has 0 spiro atoms. The molecule has 0 aromatic heterocycles. The molecule has 0 radical (unpaired) electrons. The van der Waals surface area contributed by atoms with Crippen molar-refractivity contribution in [2.24, 2.45) is 0 Å². The maximum atomic E-state index is 12.3. The number of hydrogen-bond acceptors (Lipinski definition) is 3. The third-order valence-electron chi connectivity index (χ3n) is 2.53. The normalized spacial score (nSPS) is 11.0. The lowest BCUT2D eigenvalue weighted by Gasteiger charge is -2.11. The quantitative estimate of drug-likeness (QED) is 0.747. The van der Waals surface area contributed by atoms with Crippen molar-refractivity contribution in [3.05, 3.63) is 55.9 Å². The Morgan fingerprint density at radius 1 is 1.14 bits per heavy atom. The highest BCUT2D eigenvalue weighted by Gasteiger charge is 2.19. The molecule has 1 N–H and O–H groups in total. The molecule has 0 heterocycles. The zero-order valence-corrected chi connectivity index (χ0v) is 15.0. The van der Waals surface area contributed by atoms with Crippen LogP contribution in [-0.2, 0) is 10.0 Å². The molecule has 0 atom stereocenters. The van der Waals surface area contributed by atoms with Gasteiger partial charge in [0.15, 0.2) is 0 Å². The molecular weight excluding hydrogens is 443 g/mol. The number of rotatable bonds is 3. The highest BCUT2D eigenvalue weighted by Crippen LogP contribution is 2.29. The fraction of sp³-hybridized carbons (Fsp3) is 0. The van der Waals surface area contributed by atoms with E-state index in [0.717, 1.165) is 0 Å². The van der Waals surface area contributed by atoms with Crippen molar-refractivity contribution in [2.45, 2.75) is 4.90 Å². The number of hydrogen-bond donors (Lipinski definition) is 1. The first-order valence-electron chi connectivity index (χ1n) is 5.51. The minimum absolute atomic E-state index is 0.0244. The predicted molar refractivity (Wildman–Crippen MR) is 88.8 cm³/mol. The summed E-state index contributed by atoms with van der Waals surface area (Å²) in [6.45, 7) is 0. The first kappa shape index (κ1) is 16.3. The summed E-state index contributed by atoms with van der Waals surface area (Å²) < 4.78 is 28.3. The monoisotopic (exact) mass is 448 g/mol. The van der Waals surface area contributed by atoms with Crippen LogP contribution in [0.3, 0.4) is 0 Å². The van der Waals surface area contributed by atoms with Crippen molar-refractivity contribution < 1.29 is 8.42 Å². The molecule has 0 unspecified atom stereocenters. The SMILES string of the molecule is N#Cc1ccc(NS(=O)(=O)c2ccc(Br)cc2Cl)c(Br)c1. The van der Waals surface area contributed by atoms with Gasteiger partial charge < -0.3 is 0 Å². The molecular formula is C13H7Br2ClN2O2S. The molecule has 0 amide bonds. The van der Waals surface area contributed by atoms with Gasteiger partial charge in [-0.1, -0.05) is 27.5 Å². The smallest absolute Gasteiger partial charge is 0.263 e. The van der Waals surface area contributed by atoms with Crippen molar-refractivity contribution >= 4 is 59.2 Å². The molecule has 2 aromatic carbocycles. The van der Waals surface area contributed by atoms with Gasteiger partial charge >= 0.3 is 0 Å². The molecule has 2 aromatic rings. The molecule has 0 fully saturated rings. The van der Waals surface area contributed by atoms with Crippen LogP contribution in [-0.4, -0.2) is 8.42 Å². The minimum atomic E-state index is -3.82. The summed E-state index contributed by atoms with van der Waals surface area (Å²) in [7, 11) is -3.82. The zero-order valence-electron chi connectivity index (χ0n) is 10.3. The Bertz CT molecular complexity index is 848. The Morgan fingerprint density at radius 3 is 2.43 bits per heavy atom. The number of nitrogens with zero attached hydrogens (tertiary/aromatic N) is 1. The van der Waals surface area contributed by atoms with E-state index >= 15 is 0 Å². The summed E-state index contributed by atoms with van der Waals surface area (Å²) in [5, 5.41) is 8.91. The second kappa shape index (κ2) is 6.36. The van der Waals surface area contributed by atoms with Gasteiger partial charge in [-0.05, 0) is 52.3 Å². The predicted octanol–water partition coefficient (Wildman–Crippen LogP) is 4.54. The van der Waals surface area contributed by atoms with E-state index < -0.39 is 10.0 Å². The Kier molecular flexibility index (Phi) is 4.94. The van der Waals surface area contributed by atoms with Gasteiger partial charge in [-0.3, -0.25) is 4.72 Å². The van der Waals surface area contributed by atoms with Gasteiger partial charge in [-0.25, -0.2) is 8.42 Å². The lowest BCUT2D eigenvalue weighted by atomic mass is 10.2. The summed E-state index contributed by atoms with van der Waals surface area (Å²) in [5.74, 6) is 0. The number of nitrogens with one attached hydrogen (secondary N) is 1. The van der Waals surface area contributed by atoms with Crippen molar-refractivity contribution in [1.29, 1.82) is 5.26 Å². The highest BCUT2D eigenvalue weighted by molar-refractivity contribution is 9.10. The van der Waals surface area contributed by atoms with Gasteiger partial charge in [-0.2, -0.15) is 5.26 Å². The van der Waals surface area contributed by atoms with Crippen LogP contribution in [0, 0.1) is 11.3 Å². The van der Waals surface area contributed by atoms with E-state index in [2.05, 4.69) is 36.6 Å². The third-order valence-corrected chi connectivity index (χ3v) is 5.52.